The minimum absolute atomic E-state index is 0.00565. The van der Waals surface area contributed by atoms with E-state index in [1.165, 1.54) is 5.57 Å². The SMILES string of the molecule is CC(C)=CCc1c(C)cc(O)cc1/C=C/c1ccc(NC=O)c(O)c1. The van der Waals surface area contributed by atoms with Crippen molar-refractivity contribution in [3.05, 3.63) is 64.2 Å². The third-order valence-corrected chi connectivity index (χ3v) is 3.90. The fraction of sp³-hybridized carbons (Fsp3) is 0.190. The minimum Gasteiger partial charge on any atom is -0.508 e. The predicted octanol–water partition coefficient (Wildman–Crippen LogP) is 4.65. The van der Waals surface area contributed by atoms with Gasteiger partial charge in [0.1, 0.15) is 11.5 Å². The lowest BCUT2D eigenvalue weighted by molar-refractivity contribution is -0.105. The summed E-state index contributed by atoms with van der Waals surface area (Å²) in [5, 5.41) is 22.2. The Kier molecular flexibility index (Phi) is 6.01. The van der Waals surface area contributed by atoms with Gasteiger partial charge in [-0.05, 0) is 73.7 Å². The number of aryl methyl sites for hydroxylation is 1. The van der Waals surface area contributed by atoms with Crippen molar-refractivity contribution >= 4 is 24.2 Å². The van der Waals surface area contributed by atoms with Crippen LogP contribution in [0.3, 0.4) is 0 Å². The maximum Gasteiger partial charge on any atom is 0.211 e. The van der Waals surface area contributed by atoms with E-state index in [-0.39, 0.29) is 11.5 Å². The molecule has 3 N–H and O–H groups in total. The maximum atomic E-state index is 10.5. The summed E-state index contributed by atoms with van der Waals surface area (Å²) in [7, 11) is 0. The first-order valence-corrected chi connectivity index (χ1v) is 8.08. The van der Waals surface area contributed by atoms with Crippen LogP contribution in [0.4, 0.5) is 5.69 Å². The fourth-order valence-electron chi connectivity index (χ4n) is 2.58. The molecule has 0 spiro atoms. The second-order valence-electron chi connectivity index (χ2n) is 6.19. The Labute approximate surface area is 148 Å². The van der Waals surface area contributed by atoms with Crippen LogP contribution in [-0.2, 0) is 11.2 Å². The van der Waals surface area contributed by atoms with Crippen LogP contribution >= 0.6 is 0 Å². The molecule has 4 nitrogen and oxygen atoms in total. The molecule has 4 heteroatoms. The number of amides is 1. The molecule has 1 amide bonds. The molecule has 130 valence electrons. The van der Waals surface area contributed by atoms with Crippen molar-refractivity contribution in [1.82, 2.24) is 0 Å². The summed E-state index contributed by atoms with van der Waals surface area (Å²) >= 11 is 0. The van der Waals surface area contributed by atoms with Gasteiger partial charge in [-0.15, -0.1) is 0 Å². The van der Waals surface area contributed by atoms with Crippen LogP contribution in [-0.4, -0.2) is 16.6 Å². The zero-order valence-corrected chi connectivity index (χ0v) is 14.7. The third kappa shape index (κ3) is 4.98. The van der Waals surface area contributed by atoms with Gasteiger partial charge in [0.15, 0.2) is 0 Å². The van der Waals surface area contributed by atoms with Gasteiger partial charge in [-0.2, -0.15) is 0 Å². The molecule has 0 fully saturated rings. The molecular formula is C21H23NO3. The Morgan fingerprint density at radius 2 is 1.88 bits per heavy atom. The minimum atomic E-state index is 0.00565. The van der Waals surface area contributed by atoms with Gasteiger partial charge in [-0.3, -0.25) is 4.79 Å². The van der Waals surface area contributed by atoms with Crippen molar-refractivity contribution in [1.29, 1.82) is 0 Å². The van der Waals surface area contributed by atoms with E-state index in [0.717, 1.165) is 28.7 Å². The van der Waals surface area contributed by atoms with Crippen molar-refractivity contribution in [2.45, 2.75) is 27.2 Å². The van der Waals surface area contributed by atoms with Gasteiger partial charge in [0, 0.05) is 0 Å². The molecule has 0 heterocycles. The zero-order chi connectivity index (χ0) is 18.4. The lowest BCUT2D eigenvalue weighted by Crippen LogP contribution is -1.94. The standard InChI is InChI=1S/C21H23NO3/c1-14(2)4-8-19-15(3)10-18(24)12-17(19)7-5-16-6-9-20(22-13-23)21(25)11-16/h4-7,9-13,24-25H,8H2,1-3H3,(H,22,23)/b7-5+. The average Bonchev–Trinajstić information content (AvgIpc) is 2.54. The van der Waals surface area contributed by atoms with E-state index in [0.29, 0.717) is 12.1 Å². The topological polar surface area (TPSA) is 69.6 Å². The molecular weight excluding hydrogens is 314 g/mol. The number of hydrogen-bond acceptors (Lipinski definition) is 3. The summed E-state index contributed by atoms with van der Waals surface area (Å²) in [4.78, 5) is 10.5. The fourth-order valence-corrected chi connectivity index (χ4v) is 2.58. The number of aromatic hydroxyl groups is 2. The first-order chi connectivity index (χ1) is 11.9. The molecule has 2 aromatic carbocycles. The number of carbonyl (C=O) groups excluding carboxylic acids is 1. The van der Waals surface area contributed by atoms with Gasteiger partial charge >= 0.3 is 0 Å². The molecule has 0 saturated carbocycles. The molecule has 2 rings (SSSR count). The highest BCUT2D eigenvalue weighted by atomic mass is 16.3. The Bertz CT molecular complexity index is 831. The number of nitrogens with one attached hydrogen (secondary N) is 1. The predicted molar refractivity (Wildman–Crippen MR) is 103 cm³/mol. The Hall–Kier alpha value is -3.01. The second kappa shape index (κ2) is 8.20. The van der Waals surface area contributed by atoms with Crippen LogP contribution in [0, 0.1) is 6.92 Å². The van der Waals surface area contributed by atoms with E-state index in [9.17, 15) is 15.0 Å². The van der Waals surface area contributed by atoms with E-state index in [1.54, 1.807) is 30.3 Å². The van der Waals surface area contributed by atoms with E-state index < -0.39 is 0 Å². The second-order valence-corrected chi connectivity index (χ2v) is 6.19. The molecule has 0 radical (unpaired) electrons. The van der Waals surface area contributed by atoms with Crippen molar-refractivity contribution in [2.24, 2.45) is 0 Å². The number of carbonyl (C=O) groups is 1. The summed E-state index contributed by atoms with van der Waals surface area (Å²) in [6.07, 6.45) is 7.26. The normalized spacial score (nSPS) is 10.7. The number of hydrogen-bond donors (Lipinski definition) is 3. The number of phenolic OH excluding ortho intramolecular Hbond substituents is 2. The monoisotopic (exact) mass is 337 g/mol. The molecule has 0 atom stereocenters. The molecule has 0 aliphatic rings. The van der Waals surface area contributed by atoms with Crippen molar-refractivity contribution in [2.75, 3.05) is 5.32 Å². The lowest BCUT2D eigenvalue weighted by Gasteiger charge is -2.10. The number of allylic oxidation sites excluding steroid dienone is 2. The van der Waals surface area contributed by atoms with Crippen LogP contribution in [0.15, 0.2) is 42.0 Å². The molecule has 0 saturated heterocycles. The van der Waals surface area contributed by atoms with Crippen molar-refractivity contribution in [3.8, 4) is 11.5 Å². The summed E-state index contributed by atoms with van der Waals surface area (Å²) in [5.74, 6) is 0.234. The van der Waals surface area contributed by atoms with Crippen LogP contribution in [0.25, 0.3) is 12.2 Å². The summed E-state index contributed by atoms with van der Waals surface area (Å²) in [6, 6.07) is 8.51. The van der Waals surface area contributed by atoms with Gasteiger partial charge in [0.05, 0.1) is 5.69 Å². The van der Waals surface area contributed by atoms with Crippen molar-refractivity contribution < 1.29 is 15.0 Å². The quantitative estimate of drug-likeness (QED) is 0.311. The highest BCUT2D eigenvalue weighted by molar-refractivity contribution is 5.78. The molecule has 0 aromatic heterocycles. The van der Waals surface area contributed by atoms with Gasteiger partial charge in [0.2, 0.25) is 6.41 Å². The third-order valence-electron chi connectivity index (χ3n) is 3.90. The highest BCUT2D eigenvalue weighted by Gasteiger charge is 2.06. The maximum absolute atomic E-state index is 10.5. The molecule has 0 aliphatic carbocycles. The van der Waals surface area contributed by atoms with Gasteiger partial charge < -0.3 is 15.5 Å². The number of anilines is 1. The van der Waals surface area contributed by atoms with Crippen LogP contribution < -0.4 is 5.32 Å². The number of benzene rings is 2. The van der Waals surface area contributed by atoms with E-state index in [1.807, 2.05) is 19.1 Å². The molecule has 0 unspecified atom stereocenters. The van der Waals surface area contributed by atoms with E-state index in [2.05, 4.69) is 25.2 Å². The largest absolute Gasteiger partial charge is 0.508 e. The number of phenols is 2. The van der Waals surface area contributed by atoms with Gasteiger partial charge in [0.25, 0.3) is 0 Å². The lowest BCUT2D eigenvalue weighted by atomic mass is 9.96. The summed E-state index contributed by atoms with van der Waals surface area (Å²) in [6.45, 7) is 6.10. The molecule has 0 aliphatic heterocycles. The van der Waals surface area contributed by atoms with Crippen LogP contribution in [0.5, 0.6) is 11.5 Å². The Morgan fingerprint density at radius 1 is 1.12 bits per heavy atom. The molecule has 0 bridgehead atoms. The smallest absolute Gasteiger partial charge is 0.211 e. The zero-order valence-electron chi connectivity index (χ0n) is 14.7. The average molecular weight is 337 g/mol. The number of rotatable bonds is 6. The van der Waals surface area contributed by atoms with Gasteiger partial charge in [-0.1, -0.05) is 29.9 Å². The first-order valence-electron chi connectivity index (χ1n) is 8.08. The summed E-state index contributed by atoms with van der Waals surface area (Å²) < 4.78 is 0. The van der Waals surface area contributed by atoms with Crippen LogP contribution in [0.2, 0.25) is 0 Å². The van der Waals surface area contributed by atoms with Crippen molar-refractivity contribution in [3.63, 3.8) is 0 Å². The summed E-state index contributed by atoms with van der Waals surface area (Å²) in [5.41, 5.74) is 5.52. The Morgan fingerprint density at radius 3 is 2.52 bits per heavy atom. The van der Waals surface area contributed by atoms with Gasteiger partial charge in [-0.25, -0.2) is 0 Å². The highest BCUT2D eigenvalue weighted by Crippen LogP contribution is 2.27. The molecule has 2 aromatic rings. The van der Waals surface area contributed by atoms with E-state index >= 15 is 0 Å². The van der Waals surface area contributed by atoms with E-state index in [4.69, 9.17) is 0 Å². The first kappa shape index (κ1) is 18.3. The Balaban J connectivity index is 2.35. The van der Waals surface area contributed by atoms with Crippen LogP contribution in [0.1, 0.15) is 36.1 Å². The molecule has 25 heavy (non-hydrogen) atoms.